The monoisotopic (exact) mass is 308 g/mol. The lowest BCUT2D eigenvalue weighted by molar-refractivity contribution is 0.595. The van der Waals surface area contributed by atoms with Crippen LogP contribution in [0.3, 0.4) is 0 Å². The highest BCUT2D eigenvalue weighted by Gasteiger charge is 2.09. The fraction of sp³-hybridized carbons (Fsp3) is 0.118. The molecule has 0 unspecified atom stereocenters. The van der Waals surface area contributed by atoms with Crippen molar-refractivity contribution in [2.24, 2.45) is 0 Å². The zero-order chi connectivity index (χ0) is 15.4. The molecule has 0 saturated carbocycles. The van der Waals surface area contributed by atoms with Gasteiger partial charge in [0.15, 0.2) is 11.0 Å². The van der Waals surface area contributed by atoms with Crippen molar-refractivity contribution in [1.82, 2.24) is 14.5 Å². The first kappa shape index (κ1) is 14.5. The van der Waals surface area contributed by atoms with Crippen LogP contribution in [0, 0.1) is 5.41 Å². The smallest absolute Gasteiger partial charge is 0.226 e. The summed E-state index contributed by atoms with van der Waals surface area (Å²) in [6.45, 7) is 0.602. The Morgan fingerprint density at radius 1 is 0.955 bits per heavy atom. The number of hydrogen-bond acceptors (Lipinski definition) is 4. The molecule has 1 aromatic heterocycles. The Bertz CT molecular complexity index is 813. The first-order valence-electron chi connectivity index (χ1n) is 6.95. The van der Waals surface area contributed by atoms with Crippen LogP contribution in [-0.2, 0) is 6.54 Å². The number of rotatable bonds is 4. The van der Waals surface area contributed by atoms with Crippen LogP contribution in [0.4, 0.5) is 0 Å². The van der Waals surface area contributed by atoms with E-state index in [-0.39, 0.29) is 5.62 Å². The third kappa shape index (κ3) is 3.09. The van der Waals surface area contributed by atoms with E-state index >= 15 is 0 Å². The summed E-state index contributed by atoms with van der Waals surface area (Å²) in [7, 11) is 0. The summed E-state index contributed by atoms with van der Waals surface area (Å²) in [5.41, 5.74) is 2.28. The van der Waals surface area contributed by atoms with Gasteiger partial charge in [0.25, 0.3) is 0 Å². The van der Waals surface area contributed by atoms with E-state index in [1.54, 1.807) is 0 Å². The van der Waals surface area contributed by atoms with Crippen LogP contribution >= 0.6 is 11.8 Å². The molecule has 0 atom stereocenters. The highest BCUT2D eigenvalue weighted by molar-refractivity contribution is 7.98. The maximum atomic E-state index is 8.25. The molecule has 0 aliphatic carbocycles. The van der Waals surface area contributed by atoms with E-state index in [4.69, 9.17) is 5.41 Å². The van der Waals surface area contributed by atoms with E-state index in [9.17, 15) is 0 Å². The zero-order valence-electron chi connectivity index (χ0n) is 12.2. The maximum absolute atomic E-state index is 8.25. The minimum Gasteiger partial charge on any atom is -0.285 e. The Hall–Kier alpha value is -2.40. The molecular formula is C17H16N4S. The molecule has 0 aliphatic heterocycles. The lowest BCUT2D eigenvalue weighted by Gasteiger charge is -2.12. The Kier molecular flexibility index (Phi) is 4.34. The van der Waals surface area contributed by atoms with Crippen molar-refractivity contribution < 1.29 is 0 Å². The Labute approximate surface area is 133 Å². The van der Waals surface area contributed by atoms with Gasteiger partial charge < -0.3 is 0 Å². The normalized spacial score (nSPS) is 10.6. The van der Waals surface area contributed by atoms with Crippen LogP contribution < -0.4 is 5.62 Å². The summed E-state index contributed by atoms with van der Waals surface area (Å²) in [6, 6.07) is 19.8. The zero-order valence-corrected chi connectivity index (χ0v) is 13.0. The first-order chi connectivity index (χ1) is 10.8. The summed E-state index contributed by atoms with van der Waals surface area (Å²) in [5, 5.41) is 9.05. The molecule has 0 amide bonds. The molecular weight excluding hydrogens is 292 g/mol. The molecule has 0 aliphatic rings. The van der Waals surface area contributed by atoms with E-state index in [1.807, 2.05) is 71.5 Å². The average Bonchev–Trinajstić information content (AvgIpc) is 2.58. The summed E-state index contributed by atoms with van der Waals surface area (Å²) in [5.74, 6) is 0.597. The summed E-state index contributed by atoms with van der Waals surface area (Å²) >= 11 is 1.53. The van der Waals surface area contributed by atoms with Crippen molar-refractivity contribution in [3.63, 3.8) is 0 Å². The third-order valence-corrected chi connectivity index (χ3v) is 3.97. The second-order valence-electron chi connectivity index (χ2n) is 4.80. The van der Waals surface area contributed by atoms with Gasteiger partial charge >= 0.3 is 0 Å². The maximum Gasteiger partial charge on any atom is 0.226 e. The number of benzene rings is 2. The molecule has 3 aromatic rings. The van der Waals surface area contributed by atoms with Crippen molar-refractivity contribution in [3.8, 4) is 11.4 Å². The first-order valence-corrected chi connectivity index (χ1v) is 8.17. The van der Waals surface area contributed by atoms with Gasteiger partial charge in [0.1, 0.15) is 0 Å². The largest absolute Gasteiger partial charge is 0.285 e. The number of thioether (sulfide) groups is 1. The van der Waals surface area contributed by atoms with E-state index in [0.29, 0.717) is 12.4 Å². The molecule has 5 heteroatoms. The van der Waals surface area contributed by atoms with Crippen molar-refractivity contribution in [2.75, 3.05) is 6.26 Å². The highest BCUT2D eigenvalue weighted by Crippen LogP contribution is 2.17. The lowest BCUT2D eigenvalue weighted by atomic mass is 10.2. The molecule has 4 nitrogen and oxygen atoms in total. The molecule has 0 bridgehead atoms. The predicted octanol–water partition coefficient (Wildman–Crippen LogP) is 3.19. The van der Waals surface area contributed by atoms with Crippen LogP contribution in [0.5, 0.6) is 0 Å². The minimum absolute atomic E-state index is 0.224. The van der Waals surface area contributed by atoms with Gasteiger partial charge in [-0.05, 0) is 11.8 Å². The van der Waals surface area contributed by atoms with Crippen molar-refractivity contribution in [1.29, 1.82) is 5.41 Å². The number of hydrogen-bond donors (Lipinski definition) is 1. The van der Waals surface area contributed by atoms with Gasteiger partial charge in [0, 0.05) is 5.56 Å². The minimum atomic E-state index is 0.224. The fourth-order valence-electron chi connectivity index (χ4n) is 2.21. The molecule has 0 spiro atoms. The Morgan fingerprint density at radius 3 is 2.23 bits per heavy atom. The quantitative estimate of drug-likeness (QED) is 0.753. The SMILES string of the molecule is CSc1nc(-c2ccccc2)nc(=N)n1Cc1ccccc1. The van der Waals surface area contributed by atoms with E-state index < -0.39 is 0 Å². The molecule has 0 saturated heterocycles. The van der Waals surface area contributed by atoms with Gasteiger partial charge in [0.2, 0.25) is 5.62 Å². The van der Waals surface area contributed by atoms with Gasteiger partial charge in [0.05, 0.1) is 6.54 Å². The summed E-state index contributed by atoms with van der Waals surface area (Å²) in [6.07, 6.45) is 1.97. The molecule has 22 heavy (non-hydrogen) atoms. The fourth-order valence-corrected chi connectivity index (χ4v) is 2.76. The predicted molar refractivity (Wildman–Crippen MR) is 88.6 cm³/mol. The average molecular weight is 308 g/mol. The Balaban J connectivity index is 2.04. The molecule has 1 heterocycles. The summed E-state index contributed by atoms with van der Waals surface area (Å²) in [4.78, 5) is 8.97. The molecule has 3 rings (SSSR count). The van der Waals surface area contributed by atoms with Crippen LogP contribution in [0.25, 0.3) is 11.4 Å². The van der Waals surface area contributed by atoms with Gasteiger partial charge in [-0.2, -0.15) is 4.98 Å². The topological polar surface area (TPSA) is 54.6 Å². The van der Waals surface area contributed by atoms with Crippen molar-refractivity contribution in [2.45, 2.75) is 11.7 Å². The molecule has 110 valence electrons. The van der Waals surface area contributed by atoms with Gasteiger partial charge in [-0.15, -0.1) is 0 Å². The number of nitrogens with zero attached hydrogens (tertiary/aromatic N) is 3. The van der Waals surface area contributed by atoms with Crippen LogP contribution in [0.2, 0.25) is 0 Å². The van der Waals surface area contributed by atoms with Gasteiger partial charge in [-0.1, -0.05) is 72.4 Å². The van der Waals surface area contributed by atoms with Gasteiger partial charge in [-0.25, -0.2) is 4.98 Å². The van der Waals surface area contributed by atoms with E-state index in [2.05, 4.69) is 9.97 Å². The van der Waals surface area contributed by atoms with E-state index in [0.717, 1.165) is 16.3 Å². The molecule has 0 radical (unpaired) electrons. The second-order valence-corrected chi connectivity index (χ2v) is 5.57. The second kappa shape index (κ2) is 6.58. The lowest BCUT2D eigenvalue weighted by Crippen LogP contribution is -2.27. The number of nitrogens with one attached hydrogen (secondary N) is 1. The molecule has 0 fully saturated rings. The molecule has 1 N–H and O–H groups in total. The van der Waals surface area contributed by atoms with Crippen molar-refractivity contribution >= 4 is 11.8 Å². The summed E-state index contributed by atoms with van der Waals surface area (Å²) < 4.78 is 1.83. The molecule has 2 aromatic carbocycles. The van der Waals surface area contributed by atoms with E-state index in [1.165, 1.54) is 11.8 Å². The van der Waals surface area contributed by atoms with Gasteiger partial charge in [-0.3, -0.25) is 9.98 Å². The van der Waals surface area contributed by atoms with Crippen LogP contribution in [-0.4, -0.2) is 20.8 Å². The van der Waals surface area contributed by atoms with Crippen LogP contribution in [0.1, 0.15) is 5.56 Å². The standard InChI is InChI=1S/C17H16N4S/c1-22-17-20-15(14-10-6-3-7-11-14)19-16(18)21(17)12-13-8-4-2-5-9-13/h2-11,18H,12H2,1H3. The van der Waals surface area contributed by atoms with Crippen molar-refractivity contribution in [3.05, 3.63) is 71.8 Å². The highest BCUT2D eigenvalue weighted by atomic mass is 32.2. The van der Waals surface area contributed by atoms with Crippen LogP contribution in [0.15, 0.2) is 65.8 Å². The third-order valence-electron chi connectivity index (χ3n) is 3.30. The number of aromatic nitrogens is 3. The Morgan fingerprint density at radius 2 is 1.59 bits per heavy atom.